The number of fused-ring (bicyclic) bond motifs is 2. The van der Waals surface area contributed by atoms with Gasteiger partial charge in [0.15, 0.2) is 11.6 Å². The summed E-state index contributed by atoms with van der Waals surface area (Å²) < 4.78 is 5.05. The number of halogens is 2. The van der Waals surface area contributed by atoms with E-state index in [-0.39, 0.29) is 11.6 Å². The Morgan fingerprint density at radius 2 is 1.45 bits per heavy atom. The minimum absolute atomic E-state index is 0.263. The van der Waals surface area contributed by atoms with Gasteiger partial charge in [0.05, 0.1) is 21.4 Å². The summed E-state index contributed by atoms with van der Waals surface area (Å²) in [6.45, 7) is 0. The van der Waals surface area contributed by atoms with Crippen molar-refractivity contribution < 1.29 is 4.63 Å². The quantitative estimate of drug-likeness (QED) is 0.473. The third-order valence-electron chi connectivity index (χ3n) is 4.79. The molecular formula is C20H14Cl2N6O. The highest BCUT2D eigenvalue weighted by molar-refractivity contribution is 6.42. The van der Waals surface area contributed by atoms with E-state index in [9.17, 15) is 0 Å². The first-order chi connectivity index (χ1) is 14.1. The molecule has 3 aromatic carbocycles. The number of nitrogens with two attached hydrogens (primary N) is 2. The Bertz CT molecular complexity index is 1280. The molecule has 1 aliphatic rings. The van der Waals surface area contributed by atoms with Crippen LogP contribution in [0.2, 0.25) is 10.0 Å². The predicted octanol–water partition coefficient (Wildman–Crippen LogP) is 4.86. The van der Waals surface area contributed by atoms with E-state index < -0.39 is 0 Å². The van der Waals surface area contributed by atoms with Gasteiger partial charge < -0.3 is 11.5 Å². The maximum Gasteiger partial charge on any atom is 0.229 e. The van der Waals surface area contributed by atoms with Crippen molar-refractivity contribution in [1.82, 2.24) is 10.3 Å². The topological polar surface area (TPSA) is 97.4 Å². The molecule has 0 saturated carbocycles. The smallest absolute Gasteiger partial charge is 0.229 e. The Kier molecular flexibility index (Phi) is 4.01. The first-order valence-electron chi connectivity index (χ1n) is 8.67. The highest BCUT2D eigenvalue weighted by Crippen LogP contribution is 2.45. The Balaban J connectivity index is 1.73. The average molecular weight is 425 g/mol. The number of rotatable bonds is 2. The van der Waals surface area contributed by atoms with Gasteiger partial charge in [-0.1, -0.05) is 59.6 Å². The lowest BCUT2D eigenvalue weighted by atomic mass is 10.1. The second kappa shape index (κ2) is 6.58. The van der Waals surface area contributed by atoms with Gasteiger partial charge in [-0.2, -0.15) is 0 Å². The summed E-state index contributed by atoms with van der Waals surface area (Å²) in [5.41, 5.74) is 14.4. The SMILES string of the molecule is NC1=C(N)N(c2cccc3ccccc23)c2nonc2N1c1ccc(Cl)c(Cl)c1. The summed E-state index contributed by atoms with van der Waals surface area (Å²) in [5, 5.41) is 11.0. The maximum absolute atomic E-state index is 6.49. The number of aromatic nitrogens is 2. The molecule has 0 atom stereocenters. The molecule has 2 heterocycles. The van der Waals surface area contributed by atoms with Gasteiger partial charge in [-0.25, -0.2) is 4.63 Å². The van der Waals surface area contributed by atoms with E-state index in [1.807, 2.05) is 42.5 Å². The second-order valence-electron chi connectivity index (χ2n) is 6.45. The number of hydrogen-bond donors (Lipinski definition) is 2. The molecule has 0 radical (unpaired) electrons. The molecule has 29 heavy (non-hydrogen) atoms. The predicted molar refractivity (Wildman–Crippen MR) is 114 cm³/mol. The van der Waals surface area contributed by atoms with Crippen molar-refractivity contribution in [2.24, 2.45) is 11.5 Å². The van der Waals surface area contributed by atoms with Crippen LogP contribution in [0.4, 0.5) is 23.0 Å². The van der Waals surface area contributed by atoms with Crippen molar-refractivity contribution in [3.63, 3.8) is 0 Å². The summed E-state index contributed by atoms with van der Waals surface area (Å²) in [6.07, 6.45) is 0. The fraction of sp³-hybridized carbons (Fsp3) is 0. The number of benzene rings is 3. The summed E-state index contributed by atoms with van der Waals surface area (Å²) >= 11 is 12.2. The van der Waals surface area contributed by atoms with Crippen LogP contribution in [0, 0.1) is 0 Å². The van der Waals surface area contributed by atoms with Crippen LogP contribution in [0.5, 0.6) is 0 Å². The zero-order valence-electron chi connectivity index (χ0n) is 14.9. The third kappa shape index (κ3) is 2.66. The summed E-state index contributed by atoms with van der Waals surface area (Å²) in [4.78, 5) is 3.36. The van der Waals surface area contributed by atoms with Gasteiger partial charge in [-0.15, -0.1) is 0 Å². The fourth-order valence-corrected chi connectivity index (χ4v) is 3.74. The average Bonchev–Trinajstić information content (AvgIpc) is 3.20. The van der Waals surface area contributed by atoms with Crippen LogP contribution in [0.25, 0.3) is 10.8 Å². The lowest BCUT2D eigenvalue weighted by Crippen LogP contribution is -2.39. The van der Waals surface area contributed by atoms with Crippen molar-refractivity contribution in [3.8, 4) is 0 Å². The molecule has 0 bridgehead atoms. The Morgan fingerprint density at radius 3 is 2.24 bits per heavy atom. The molecule has 7 nitrogen and oxygen atoms in total. The van der Waals surface area contributed by atoms with Gasteiger partial charge in [-0.3, -0.25) is 9.80 Å². The van der Waals surface area contributed by atoms with Crippen molar-refractivity contribution in [1.29, 1.82) is 0 Å². The van der Waals surface area contributed by atoms with E-state index in [0.717, 1.165) is 16.5 Å². The first-order valence-corrected chi connectivity index (χ1v) is 9.42. The molecule has 5 rings (SSSR count). The molecule has 0 aliphatic carbocycles. The zero-order valence-corrected chi connectivity index (χ0v) is 16.4. The van der Waals surface area contributed by atoms with E-state index in [1.54, 1.807) is 28.0 Å². The van der Waals surface area contributed by atoms with Gasteiger partial charge in [0.1, 0.15) is 0 Å². The van der Waals surface area contributed by atoms with Gasteiger partial charge >= 0.3 is 0 Å². The number of anilines is 4. The van der Waals surface area contributed by atoms with Crippen LogP contribution in [0.15, 0.2) is 76.9 Å². The summed E-state index contributed by atoms with van der Waals surface area (Å²) in [6, 6.07) is 19.0. The molecule has 4 N–H and O–H groups in total. The Labute approximate surface area is 175 Å². The van der Waals surface area contributed by atoms with Crippen molar-refractivity contribution in [2.75, 3.05) is 9.80 Å². The highest BCUT2D eigenvalue weighted by atomic mass is 35.5. The largest absolute Gasteiger partial charge is 0.382 e. The molecule has 0 amide bonds. The standard InChI is InChI=1S/C20H14Cl2N6O/c21-14-9-8-12(10-15(14)22)27-17(23)18(24)28(20-19(27)25-29-26-20)16-7-3-5-11-4-1-2-6-13(11)16/h1-10H,23-24H2. The van der Waals surface area contributed by atoms with E-state index in [2.05, 4.69) is 10.3 Å². The van der Waals surface area contributed by atoms with Gasteiger partial charge in [-0.05, 0) is 40.0 Å². The number of hydrogen-bond acceptors (Lipinski definition) is 7. The van der Waals surface area contributed by atoms with Crippen LogP contribution in [-0.4, -0.2) is 10.3 Å². The van der Waals surface area contributed by atoms with E-state index >= 15 is 0 Å². The van der Waals surface area contributed by atoms with Crippen molar-refractivity contribution >= 4 is 57.0 Å². The molecule has 0 unspecified atom stereocenters. The van der Waals surface area contributed by atoms with E-state index in [0.29, 0.717) is 27.4 Å². The van der Waals surface area contributed by atoms with Crippen molar-refractivity contribution in [2.45, 2.75) is 0 Å². The van der Waals surface area contributed by atoms with E-state index in [1.165, 1.54) is 0 Å². The van der Waals surface area contributed by atoms with Gasteiger partial charge in [0.2, 0.25) is 11.6 Å². The molecule has 1 aromatic heterocycles. The van der Waals surface area contributed by atoms with Crippen LogP contribution in [0.1, 0.15) is 0 Å². The molecular weight excluding hydrogens is 411 g/mol. The monoisotopic (exact) mass is 424 g/mol. The molecule has 9 heteroatoms. The lowest BCUT2D eigenvalue weighted by molar-refractivity contribution is 0.309. The van der Waals surface area contributed by atoms with Crippen LogP contribution >= 0.6 is 23.2 Å². The maximum atomic E-state index is 6.49. The second-order valence-corrected chi connectivity index (χ2v) is 7.26. The Hall–Kier alpha value is -3.42. The van der Waals surface area contributed by atoms with Crippen molar-refractivity contribution in [3.05, 3.63) is 82.4 Å². The molecule has 144 valence electrons. The molecule has 0 fully saturated rings. The first kappa shape index (κ1) is 17.7. The molecule has 1 aliphatic heterocycles. The van der Waals surface area contributed by atoms with Crippen LogP contribution in [0.3, 0.4) is 0 Å². The Morgan fingerprint density at radius 1 is 0.759 bits per heavy atom. The highest BCUT2D eigenvalue weighted by Gasteiger charge is 2.35. The van der Waals surface area contributed by atoms with Crippen LogP contribution in [-0.2, 0) is 0 Å². The molecule has 0 spiro atoms. The fourth-order valence-electron chi connectivity index (χ4n) is 3.45. The number of nitrogens with zero attached hydrogens (tertiary/aromatic N) is 4. The van der Waals surface area contributed by atoms with E-state index in [4.69, 9.17) is 39.3 Å². The normalized spacial score (nSPS) is 13.9. The van der Waals surface area contributed by atoms with Crippen LogP contribution < -0.4 is 21.3 Å². The minimum atomic E-state index is 0.263. The molecule has 0 saturated heterocycles. The zero-order chi connectivity index (χ0) is 20.1. The minimum Gasteiger partial charge on any atom is -0.382 e. The third-order valence-corrected chi connectivity index (χ3v) is 5.53. The molecule has 4 aromatic rings. The summed E-state index contributed by atoms with van der Waals surface area (Å²) in [7, 11) is 0. The summed E-state index contributed by atoms with van der Waals surface area (Å²) in [5.74, 6) is 1.36. The van der Waals surface area contributed by atoms with Gasteiger partial charge in [0, 0.05) is 5.39 Å². The lowest BCUT2D eigenvalue weighted by Gasteiger charge is -2.34. The van der Waals surface area contributed by atoms with Gasteiger partial charge in [0.25, 0.3) is 0 Å².